The van der Waals surface area contributed by atoms with Gasteiger partial charge in [-0.05, 0) is 36.8 Å². The van der Waals surface area contributed by atoms with Crippen LogP contribution in [0.1, 0.15) is 15.9 Å². The lowest BCUT2D eigenvalue weighted by Gasteiger charge is -2.13. The quantitative estimate of drug-likeness (QED) is 0.397. The molecule has 10 heteroatoms. The van der Waals surface area contributed by atoms with Gasteiger partial charge in [-0.25, -0.2) is 13.6 Å². The summed E-state index contributed by atoms with van der Waals surface area (Å²) in [6.45, 7) is 1.68. The van der Waals surface area contributed by atoms with Crippen molar-refractivity contribution < 1.29 is 17.9 Å². The zero-order chi connectivity index (χ0) is 23.8. The third-order valence-electron chi connectivity index (χ3n) is 5.18. The number of anilines is 2. The number of methoxy groups -OCH3 is 1. The molecule has 0 atom stereocenters. The van der Waals surface area contributed by atoms with Crippen LogP contribution in [0.3, 0.4) is 0 Å². The molecule has 1 amide bonds. The van der Waals surface area contributed by atoms with Crippen molar-refractivity contribution in [3.8, 4) is 17.0 Å². The SMILES string of the molecule is COc1ccc(Nc2nnc(-c3ccc(C)c(S(N)(=O)=O)c3)c3ccccc23)cc1C(N)=O. The molecule has 0 fully saturated rings. The number of ether oxygens (including phenoxy) is 1. The number of nitrogens with one attached hydrogen (secondary N) is 1. The van der Waals surface area contributed by atoms with Crippen LogP contribution in [0.15, 0.2) is 65.6 Å². The highest BCUT2D eigenvalue weighted by Gasteiger charge is 2.17. The van der Waals surface area contributed by atoms with Gasteiger partial charge >= 0.3 is 0 Å². The summed E-state index contributed by atoms with van der Waals surface area (Å²) in [5.74, 6) is 0.199. The number of hydrogen-bond acceptors (Lipinski definition) is 7. The molecule has 1 heterocycles. The molecular weight excluding hydrogens is 442 g/mol. The fourth-order valence-corrected chi connectivity index (χ4v) is 4.39. The lowest BCUT2D eigenvalue weighted by molar-refractivity contribution is 0.0997. The van der Waals surface area contributed by atoms with Crippen molar-refractivity contribution in [2.75, 3.05) is 12.4 Å². The Hall–Kier alpha value is -4.02. The van der Waals surface area contributed by atoms with Gasteiger partial charge in [0.25, 0.3) is 5.91 Å². The Morgan fingerprint density at radius 2 is 1.73 bits per heavy atom. The number of nitrogens with two attached hydrogens (primary N) is 2. The van der Waals surface area contributed by atoms with Crippen molar-refractivity contribution in [1.82, 2.24) is 10.2 Å². The Bertz CT molecular complexity index is 1500. The minimum absolute atomic E-state index is 0.0327. The van der Waals surface area contributed by atoms with Crippen LogP contribution in [0, 0.1) is 6.92 Å². The van der Waals surface area contributed by atoms with Crippen LogP contribution in [-0.2, 0) is 10.0 Å². The number of sulfonamides is 1. The number of rotatable bonds is 6. The first-order valence-corrected chi connectivity index (χ1v) is 11.4. The lowest BCUT2D eigenvalue weighted by Crippen LogP contribution is -2.13. The standard InChI is InChI=1S/C23H21N5O4S/c1-13-7-8-14(11-20(13)33(25,30)31)21-16-5-3-4-6-17(16)23(28-27-21)26-15-9-10-19(32-2)18(12-15)22(24)29/h3-12H,1-2H3,(H2,24,29)(H,26,28)(H2,25,30,31). The molecule has 0 saturated heterocycles. The van der Waals surface area contributed by atoms with Crippen LogP contribution in [0.5, 0.6) is 5.75 Å². The van der Waals surface area contributed by atoms with Gasteiger partial charge < -0.3 is 15.8 Å². The van der Waals surface area contributed by atoms with Crippen molar-refractivity contribution in [3.63, 3.8) is 0 Å². The van der Waals surface area contributed by atoms with Gasteiger partial charge in [-0.3, -0.25) is 4.79 Å². The number of amides is 1. The largest absolute Gasteiger partial charge is 0.496 e. The van der Waals surface area contributed by atoms with E-state index >= 15 is 0 Å². The molecule has 0 saturated carbocycles. The number of primary amides is 1. The average molecular weight is 464 g/mol. The second-order valence-corrected chi connectivity index (χ2v) is 8.90. The van der Waals surface area contributed by atoms with E-state index in [1.807, 2.05) is 24.3 Å². The second kappa shape index (κ2) is 8.49. The number of aromatic nitrogens is 2. The van der Waals surface area contributed by atoms with Crippen LogP contribution >= 0.6 is 0 Å². The number of hydrogen-bond donors (Lipinski definition) is 3. The number of nitrogens with zero attached hydrogens (tertiary/aromatic N) is 2. The van der Waals surface area contributed by atoms with E-state index < -0.39 is 15.9 Å². The predicted molar refractivity (Wildman–Crippen MR) is 126 cm³/mol. The van der Waals surface area contributed by atoms with Crippen molar-refractivity contribution in [1.29, 1.82) is 0 Å². The molecule has 1 aromatic heterocycles. The Morgan fingerprint density at radius 3 is 2.39 bits per heavy atom. The topological polar surface area (TPSA) is 150 Å². The first-order chi connectivity index (χ1) is 15.7. The molecule has 0 spiro atoms. The van der Waals surface area contributed by atoms with Gasteiger partial charge in [0, 0.05) is 22.0 Å². The van der Waals surface area contributed by atoms with E-state index in [9.17, 15) is 13.2 Å². The summed E-state index contributed by atoms with van der Waals surface area (Å²) >= 11 is 0. The van der Waals surface area contributed by atoms with Crippen LogP contribution in [0.25, 0.3) is 22.0 Å². The zero-order valence-electron chi connectivity index (χ0n) is 17.9. The zero-order valence-corrected chi connectivity index (χ0v) is 18.7. The van der Waals surface area contributed by atoms with Crippen LogP contribution < -0.4 is 20.9 Å². The highest BCUT2D eigenvalue weighted by molar-refractivity contribution is 7.89. The van der Waals surface area contributed by atoms with Crippen LogP contribution in [0.2, 0.25) is 0 Å². The molecule has 0 aliphatic rings. The first-order valence-electron chi connectivity index (χ1n) is 9.83. The number of aryl methyl sites for hydroxylation is 1. The molecule has 0 radical (unpaired) electrons. The summed E-state index contributed by atoms with van der Waals surface area (Å²) in [5.41, 5.74) is 7.88. The van der Waals surface area contributed by atoms with E-state index in [1.54, 1.807) is 37.3 Å². The lowest BCUT2D eigenvalue weighted by atomic mass is 10.0. The van der Waals surface area contributed by atoms with Crippen molar-refractivity contribution in [2.45, 2.75) is 11.8 Å². The van der Waals surface area contributed by atoms with Gasteiger partial charge in [-0.2, -0.15) is 0 Å². The summed E-state index contributed by atoms with van der Waals surface area (Å²) in [6, 6.07) is 17.3. The highest BCUT2D eigenvalue weighted by Crippen LogP contribution is 2.33. The molecule has 3 aromatic carbocycles. The van der Waals surface area contributed by atoms with Gasteiger partial charge in [-0.15, -0.1) is 10.2 Å². The molecule has 33 heavy (non-hydrogen) atoms. The van der Waals surface area contributed by atoms with Gasteiger partial charge in [0.05, 0.1) is 17.6 Å². The molecule has 4 rings (SSSR count). The van der Waals surface area contributed by atoms with E-state index in [-0.39, 0.29) is 10.5 Å². The van der Waals surface area contributed by atoms with E-state index in [1.165, 1.54) is 13.2 Å². The molecule has 0 aliphatic heterocycles. The molecule has 9 nitrogen and oxygen atoms in total. The number of primary sulfonamides is 1. The molecule has 0 unspecified atom stereocenters. The van der Waals surface area contributed by atoms with Crippen molar-refractivity contribution in [2.24, 2.45) is 10.9 Å². The number of benzene rings is 3. The van der Waals surface area contributed by atoms with E-state index in [0.717, 1.165) is 10.8 Å². The Labute approximate surface area is 190 Å². The van der Waals surface area contributed by atoms with Gasteiger partial charge in [0.2, 0.25) is 10.0 Å². The maximum absolute atomic E-state index is 12.0. The molecule has 0 bridgehead atoms. The molecular formula is C23H21N5O4S. The molecule has 5 N–H and O–H groups in total. The third-order valence-corrected chi connectivity index (χ3v) is 6.24. The number of carbonyl (C=O) groups is 1. The summed E-state index contributed by atoms with van der Waals surface area (Å²) < 4.78 is 29.1. The Morgan fingerprint density at radius 1 is 1.00 bits per heavy atom. The fourth-order valence-electron chi connectivity index (χ4n) is 3.58. The smallest absolute Gasteiger partial charge is 0.252 e. The Balaban J connectivity index is 1.82. The van der Waals surface area contributed by atoms with Crippen LogP contribution in [-0.4, -0.2) is 31.6 Å². The number of carbonyl (C=O) groups excluding carboxylic acids is 1. The highest BCUT2D eigenvalue weighted by atomic mass is 32.2. The average Bonchev–Trinajstić information content (AvgIpc) is 2.79. The predicted octanol–water partition coefficient (Wildman–Crippen LogP) is 3.10. The molecule has 168 valence electrons. The monoisotopic (exact) mass is 463 g/mol. The summed E-state index contributed by atoms with van der Waals surface area (Å²) in [5, 5.41) is 18.7. The molecule has 0 aliphatic carbocycles. The van der Waals surface area contributed by atoms with Crippen LogP contribution in [0.4, 0.5) is 11.5 Å². The molecule has 4 aromatic rings. The van der Waals surface area contributed by atoms with E-state index in [2.05, 4.69) is 15.5 Å². The van der Waals surface area contributed by atoms with E-state index in [0.29, 0.717) is 34.1 Å². The van der Waals surface area contributed by atoms with E-state index in [4.69, 9.17) is 15.6 Å². The van der Waals surface area contributed by atoms with Gasteiger partial charge in [0.1, 0.15) is 11.4 Å². The minimum atomic E-state index is -3.89. The maximum atomic E-state index is 12.0. The number of fused-ring (bicyclic) bond motifs is 1. The van der Waals surface area contributed by atoms with Crippen molar-refractivity contribution >= 4 is 38.2 Å². The Kier molecular flexibility index (Phi) is 5.71. The second-order valence-electron chi connectivity index (χ2n) is 7.37. The van der Waals surface area contributed by atoms with Gasteiger partial charge in [0.15, 0.2) is 5.82 Å². The third kappa shape index (κ3) is 4.34. The normalized spacial score (nSPS) is 11.4. The summed E-state index contributed by atoms with van der Waals surface area (Å²) in [4.78, 5) is 11.8. The minimum Gasteiger partial charge on any atom is -0.496 e. The first kappa shape index (κ1) is 22.2. The fraction of sp³-hybridized carbons (Fsp3) is 0.0870. The summed E-state index contributed by atoms with van der Waals surface area (Å²) in [7, 11) is -2.43. The van der Waals surface area contributed by atoms with Crippen molar-refractivity contribution in [3.05, 3.63) is 71.8 Å². The maximum Gasteiger partial charge on any atom is 0.252 e. The summed E-state index contributed by atoms with van der Waals surface area (Å²) in [6.07, 6.45) is 0. The van der Waals surface area contributed by atoms with Gasteiger partial charge in [-0.1, -0.05) is 36.4 Å².